The molecule has 0 aliphatic heterocycles. The Bertz CT molecular complexity index is 612. The second kappa shape index (κ2) is 6.85. The minimum absolute atomic E-state index is 0.0267. The zero-order valence-electron chi connectivity index (χ0n) is 11.9. The monoisotopic (exact) mass is 291 g/mol. The van der Waals surface area contributed by atoms with Crippen molar-refractivity contribution in [1.29, 1.82) is 0 Å². The molecule has 0 bridgehead atoms. The van der Waals surface area contributed by atoms with Crippen LogP contribution in [-0.2, 0) is 4.74 Å². The molecule has 2 rings (SSSR count). The molecule has 0 radical (unpaired) electrons. The predicted octanol–water partition coefficient (Wildman–Crippen LogP) is 1.70. The van der Waals surface area contributed by atoms with Gasteiger partial charge < -0.3 is 19.6 Å². The van der Waals surface area contributed by atoms with Crippen LogP contribution in [0.3, 0.4) is 0 Å². The van der Waals surface area contributed by atoms with Crippen LogP contribution >= 0.6 is 0 Å². The molecule has 0 aliphatic rings. The van der Waals surface area contributed by atoms with Gasteiger partial charge in [-0.05, 0) is 19.1 Å². The molecule has 0 aliphatic carbocycles. The summed E-state index contributed by atoms with van der Waals surface area (Å²) in [7, 11) is 0. The van der Waals surface area contributed by atoms with Crippen molar-refractivity contribution in [3.63, 3.8) is 0 Å². The summed E-state index contributed by atoms with van der Waals surface area (Å²) in [5.41, 5.74) is 0.986. The first-order valence-electron chi connectivity index (χ1n) is 6.56. The number of hydrogen-bond acceptors (Lipinski definition) is 7. The van der Waals surface area contributed by atoms with Gasteiger partial charge in [-0.15, -0.1) is 10.2 Å². The molecule has 1 aromatic heterocycles. The number of ether oxygens (including phenoxy) is 1. The lowest BCUT2D eigenvalue weighted by Crippen LogP contribution is -2.14. The fourth-order valence-corrected chi connectivity index (χ4v) is 1.76. The number of nitrogens with zero attached hydrogens (tertiary/aromatic N) is 2. The molecule has 7 nitrogen and oxygen atoms in total. The van der Waals surface area contributed by atoms with E-state index in [0.29, 0.717) is 23.7 Å². The van der Waals surface area contributed by atoms with Crippen molar-refractivity contribution in [2.24, 2.45) is 0 Å². The van der Waals surface area contributed by atoms with Crippen molar-refractivity contribution in [2.45, 2.75) is 20.0 Å². The maximum absolute atomic E-state index is 12.2. The molecule has 0 saturated heterocycles. The molecule has 1 atom stereocenters. The van der Waals surface area contributed by atoms with Crippen LogP contribution in [0.5, 0.6) is 0 Å². The molecule has 2 aromatic rings. The highest BCUT2D eigenvalue weighted by molar-refractivity contribution is 5.95. The van der Waals surface area contributed by atoms with Crippen LogP contribution in [0.25, 0.3) is 0 Å². The summed E-state index contributed by atoms with van der Waals surface area (Å²) >= 11 is 0. The second-order valence-corrected chi connectivity index (χ2v) is 4.40. The Morgan fingerprint density at radius 3 is 2.86 bits per heavy atom. The maximum Gasteiger partial charge on any atom is 0.341 e. The van der Waals surface area contributed by atoms with E-state index in [0.717, 1.165) is 0 Å². The van der Waals surface area contributed by atoms with Gasteiger partial charge in [0.25, 0.3) is 5.89 Å². The van der Waals surface area contributed by atoms with Crippen LogP contribution in [0.1, 0.15) is 35.2 Å². The number of esters is 1. The Kier molecular flexibility index (Phi) is 4.89. The highest BCUT2D eigenvalue weighted by Crippen LogP contribution is 2.21. The topological polar surface area (TPSA) is 97.5 Å². The summed E-state index contributed by atoms with van der Waals surface area (Å²) in [4.78, 5) is 12.2. The van der Waals surface area contributed by atoms with Crippen molar-refractivity contribution in [2.75, 3.05) is 18.5 Å². The number of anilines is 1. The van der Waals surface area contributed by atoms with Gasteiger partial charge in [-0.2, -0.15) is 0 Å². The fraction of sp³-hybridized carbons (Fsp3) is 0.357. The summed E-state index contributed by atoms with van der Waals surface area (Å²) < 4.78 is 10.5. The zero-order valence-corrected chi connectivity index (χ0v) is 11.9. The van der Waals surface area contributed by atoms with Gasteiger partial charge in [0.1, 0.15) is 0 Å². The minimum Gasteiger partial charge on any atom is -0.449 e. The normalized spacial score (nSPS) is 12.0. The maximum atomic E-state index is 12.2. The molecule has 2 N–H and O–H groups in total. The van der Waals surface area contributed by atoms with Crippen molar-refractivity contribution >= 4 is 11.7 Å². The van der Waals surface area contributed by atoms with Crippen molar-refractivity contribution < 1.29 is 19.1 Å². The van der Waals surface area contributed by atoms with E-state index < -0.39 is 12.1 Å². The van der Waals surface area contributed by atoms with Crippen LogP contribution in [0.15, 0.2) is 28.7 Å². The molecule has 0 unspecified atom stereocenters. The molecule has 112 valence electrons. The average Bonchev–Trinajstić information content (AvgIpc) is 2.92. The molecular weight excluding hydrogens is 274 g/mol. The van der Waals surface area contributed by atoms with Gasteiger partial charge in [0, 0.05) is 19.2 Å². The summed E-state index contributed by atoms with van der Waals surface area (Å²) in [5.74, 6) is 0.166. The number of aromatic nitrogens is 2. The van der Waals surface area contributed by atoms with E-state index >= 15 is 0 Å². The molecule has 21 heavy (non-hydrogen) atoms. The highest BCUT2D eigenvalue weighted by Gasteiger charge is 2.20. The summed E-state index contributed by atoms with van der Waals surface area (Å²) in [5, 5.41) is 19.3. The number of rotatable bonds is 6. The summed E-state index contributed by atoms with van der Waals surface area (Å²) in [6.07, 6.45) is -0.635. The zero-order chi connectivity index (χ0) is 15.2. The summed E-state index contributed by atoms with van der Waals surface area (Å²) in [6, 6.07) is 6.92. The molecule has 1 heterocycles. The lowest BCUT2D eigenvalue weighted by atomic mass is 10.2. The third-order valence-electron chi connectivity index (χ3n) is 2.75. The minimum atomic E-state index is -0.635. The van der Waals surface area contributed by atoms with Crippen LogP contribution in [0.2, 0.25) is 0 Å². The molecule has 0 amide bonds. The standard InChI is InChI=1S/C14H17N3O4/c1-9(13-17-16-10(2)21-13)20-14(19)11-5-3-4-6-12(11)15-7-8-18/h3-6,9,15,18H,7-8H2,1-2H3/t9-/m1/s1. The van der Waals surface area contributed by atoms with E-state index in [2.05, 4.69) is 15.5 Å². The fourth-order valence-electron chi connectivity index (χ4n) is 1.76. The number of aryl methyl sites for hydroxylation is 1. The van der Waals surface area contributed by atoms with Crippen LogP contribution in [0.4, 0.5) is 5.69 Å². The largest absolute Gasteiger partial charge is 0.449 e. The third-order valence-corrected chi connectivity index (χ3v) is 2.75. The van der Waals surface area contributed by atoms with Gasteiger partial charge >= 0.3 is 5.97 Å². The molecule has 0 saturated carbocycles. The van der Waals surface area contributed by atoms with E-state index in [1.807, 2.05) is 0 Å². The predicted molar refractivity (Wildman–Crippen MR) is 74.9 cm³/mol. The van der Waals surface area contributed by atoms with E-state index in [1.165, 1.54) is 0 Å². The number of aliphatic hydroxyl groups excluding tert-OH is 1. The SMILES string of the molecule is Cc1nnc([C@@H](C)OC(=O)c2ccccc2NCCO)o1. The van der Waals surface area contributed by atoms with E-state index in [-0.39, 0.29) is 12.5 Å². The lowest BCUT2D eigenvalue weighted by molar-refractivity contribution is 0.0278. The van der Waals surface area contributed by atoms with E-state index in [1.54, 1.807) is 38.1 Å². The number of carbonyl (C=O) groups is 1. The van der Waals surface area contributed by atoms with Gasteiger partial charge in [0.2, 0.25) is 5.89 Å². The second-order valence-electron chi connectivity index (χ2n) is 4.40. The smallest absolute Gasteiger partial charge is 0.341 e. The Hall–Kier alpha value is -2.41. The summed E-state index contributed by atoms with van der Waals surface area (Å²) in [6.45, 7) is 3.65. The van der Waals surface area contributed by atoms with Crippen LogP contribution in [-0.4, -0.2) is 34.4 Å². The number of nitrogens with one attached hydrogen (secondary N) is 1. The van der Waals surface area contributed by atoms with Gasteiger partial charge in [-0.3, -0.25) is 0 Å². The Morgan fingerprint density at radius 1 is 1.43 bits per heavy atom. The first-order valence-corrected chi connectivity index (χ1v) is 6.56. The first-order chi connectivity index (χ1) is 10.1. The van der Waals surface area contributed by atoms with E-state index in [4.69, 9.17) is 14.3 Å². The molecule has 1 aromatic carbocycles. The van der Waals surface area contributed by atoms with Crippen LogP contribution < -0.4 is 5.32 Å². The third kappa shape index (κ3) is 3.79. The highest BCUT2D eigenvalue weighted by atomic mass is 16.6. The van der Waals surface area contributed by atoms with Gasteiger partial charge in [-0.25, -0.2) is 4.79 Å². The van der Waals surface area contributed by atoms with E-state index in [9.17, 15) is 4.79 Å². The quantitative estimate of drug-likeness (QED) is 0.782. The van der Waals surface area contributed by atoms with Crippen molar-refractivity contribution in [3.05, 3.63) is 41.6 Å². The molecule has 0 spiro atoms. The van der Waals surface area contributed by atoms with Crippen molar-refractivity contribution in [3.8, 4) is 0 Å². The Labute approximate surface area is 121 Å². The van der Waals surface area contributed by atoms with Crippen LogP contribution in [0, 0.1) is 6.92 Å². The number of aliphatic hydroxyl groups is 1. The Morgan fingerprint density at radius 2 is 2.19 bits per heavy atom. The lowest BCUT2D eigenvalue weighted by Gasteiger charge is -2.13. The van der Waals surface area contributed by atoms with Gasteiger partial charge in [0.15, 0.2) is 6.10 Å². The number of carbonyl (C=O) groups excluding carboxylic acids is 1. The number of para-hydroxylation sites is 1. The average molecular weight is 291 g/mol. The van der Waals surface area contributed by atoms with Gasteiger partial charge in [-0.1, -0.05) is 12.1 Å². The van der Waals surface area contributed by atoms with Crippen molar-refractivity contribution in [1.82, 2.24) is 10.2 Å². The first kappa shape index (κ1) is 15.0. The molecular formula is C14H17N3O4. The molecule has 7 heteroatoms. The molecule has 0 fully saturated rings. The number of benzene rings is 1. The Balaban J connectivity index is 2.09. The van der Waals surface area contributed by atoms with Gasteiger partial charge in [0.05, 0.1) is 12.2 Å². The number of hydrogen-bond donors (Lipinski definition) is 2.